The number of carbonyl (C=O) groups is 1. The van der Waals surface area contributed by atoms with Crippen LogP contribution in [-0.2, 0) is 0 Å². The second-order valence-electron chi connectivity index (χ2n) is 4.15. The third kappa shape index (κ3) is 3.51. The third-order valence-electron chi connectivity index (χ3n) is 2.73. The number of amides is 1. The molecule has 0 saturated carbocycles. The first-order chi connectivity index (χ1) is 9.72. The van der Waals surface area contributed by atoms with Gasteiger partial charge in [0.25, 0.3) is 5.91 Å². The summed E-state index contributed by atoms with van der Waals surface area (Å²) in [5.41, 5.74) is 1.25. The second kappa shape index (κ2) is 6.61. The molecular formula is C16H17NO3. The van der Waals surface area contributed by atoms with Crippen LogP contribution in [0.2, 0.25) is 0 Å². The number of anilines is 1. The SMILES string of the molecule is CCOc1cccc(C(=O)Nc2cccc(OC)c2)c1. The third-order valence-corrected chi connectivity index (χ3v) is 2.73. The van der Waals surface area contributed by atoms with Crippen LogP contribution in [0, 0.1) is 0 Å². The van der Waals surface area contributed by atoms with Gasteiger partial charge >= 0.3 is 0 Å². The standard InChI is InChI=1S/C16H17NO3/c1-3-20-15-9-4-6-12(10-15)16(18)17-13-7-5-8-14(11-13)19-2/h4-11H,3H2,1-2H3,(H,17,18). The van der Waals surface area contributed by atoms with Crippen molar-refractivity contribution in [2.45, 2.75) is 6.92 Å². The van der Waals surface area contributed by atoms with Crippen LogP contribution in [0.25, 0.3) is 0 Å². The van der Waals surface area contributed by atoms with Gasteiger partial charge in [-0.1, -0.05) is 12.1 Å². The first kappa shape index (κ1) is 13.9. The highest BCUT2D eigenvalue weighted by molar-refractivity contribution is 6.04. The van der Waals surface area contributed by atoms with E-state index >= 15 is 0 Å². The van der Waals surface area contributed by atoms with Crippen molar-refractivity contribution >= 4 is 11.6 Å². The normalized spacial score (nSPS) is 9.90. The van der Waals surface area contributed by atoms with Gasteiger partial charge in [-0.05, 0) is 37.3 Å². The zero-order valence-electron chi connectivity index (χ0n) is 11.6. The van der Waals surface area contributed by atoms with Crippen LogP contribution in [-0.4, -0.2) is 19.6 Å². The molecular weight excluding hydrogens is 254 g/mol. The second-order valence-corrected chi connectivity index (χ2v) is 4.15. The molecule has 0 spiro atoms. The molecule has 1 amide bonds. The molecule has 0 radical (unpaired) electrons. The zero-order valence-corrected chi connectivity index (χ0v) is 11.6. The summed E-state index contributed by atoms with van der Waals surface area (Å²) in [6.07, 6.45) is 0. The molecule has 0 aromatic heterocycles. The lowest BCUT2D eigenvalue weighted by atomic mass is 10.2. The minimum Gasteiger partial charge on any atom is -0.497 e. The van der Waals surface area contributed by atoms with Gasteiger partial charge in [-0.3, -0.25) is 4.79 Å². The monoisotopic (exact) mass is 271 g/mol. The Morgan fingerprint density at radius 1 is 1.10 bits per heavy atom. The Balaban J connectivity index is 2.12. The molecule has 104 valence electrons. The van der Waals surface area contributed by atoms with E-state index in [1.807, 2.05) is 31.2 Å². The van der Waals surface area contributed by atoms with Crippen molar-refractivity contribution in [2.75, 3.05) is 19.0 Å². The topological polar surface area (TPSA) is 47.6 Å². The van der Waals surface area contributed by atoms with E-state index in [2.05, 4.69) is 5.32 Å². The van der Waals surface area contributed by atoms with Crippen molar-refractivity contribution in [1.82, 2.24) is 0 Å². The van der Waals surface area contributed by atoms with Gasteiger partial charge < -0.3 is 14.8 Å². The number of methoxy groups -OCH3 is 1. The Kier molecular flexibility index (Phi) is 4.60. The Bertz CT molecular complexity index is 596. The summed E-state index contributed by atoms with van der Waals surface area (Å²) < 4.78 is 10.5. The van der Waals surface area contributed by atoms with E-state index in [4.69, 9.17) is 9.47 Å². The highest BCUT2D eigenvalue weighted by atomic mass is 16.5. The van der Waals surface area contributed by atoms with E-state index in [9.17, 15) is 4.79 Å². The minimum absolute atomic E-state index is 0.181. The van der Waals surface area contributed by atoms with E-state index in [1.54, 1.807) is 31.4 Å². The van der Waals surface area contributed by atoms with Gasteiger partial charge in [0.1, 0.15) is 11.5 Å². The first-order valence-electron chi connectivity index (χ1n) is 6.41. The molecule has 0 atom stereocenters. The van der Waals surface area contributed by atoms with Crippen molar-refractivity contribution in [3.05, 3.63) is 54.1 Å². The predicted molar refractivity (Wildman–Crippen MR) is 78.6 cm³/mol. The lowest BCUT2D eigenvalue weighted by molar-refractivity contribution is 0.102. The highest BCUT2D eigenvalue weighted by Crippen LogP contribution is 2.19. The van der Waals surface area contributed by atoms with Crippen LogP contribution >= 0.6 is 0 Å². The minimum atomic E-state index is -0.181. The predicted octanol–water partition coefficient (Wildman–Crippen LogP) is 3.35. The molecule has 0 unspecified atom stereocenters. The molecule has 0 aliphatic carbocycles. The number of hydrogen-bond donors (Lipinski definition) is 1. The molecule has 4 heteroatoms. The fourth-order valence-electron chi connectivity index (χ4n) is 1.80. The summed E-state index contributed by atoms with van der Waals surface area (Å²) in [5.74, 6) is 1.21. The van der Waals surface area contributed by atoms with E-state index in [-0.39, 0.29) is 5.91 Å². The average molecular weight is 271 g/mol. The van der Waals surface area contributed by atoms with E-state index in [0.29, 0.717) is 29.4 Å². The molecule has 2 rings (SSSR count). The maximum absolute atomic E-state index is 12.2. The molecule has 2 aromatic rings. The molecule has 0 bridgehead atoms. The summed E-state index contributed by atoms with van der Waals surface area (Å²) in [7, 11) is 1.59. The maximum atomic E-state index is 12.2. The van der Waals surface area contributed by atoms with E-state index in [0.717, 1.165) is 0 Å². The van der Waals surface area contributed by atoms with Crippen molar-refractivity contribution < 1.29 is 14.3 Å². The lowest BCUT2D eigenvalue weighted by Gasteiger charge is -2.08. The van der Waals surface area contributed by atoms with Crippen LogP contribution < -0.4 is 14.8 Å². The molecule has 0 fully saturated rings. The van der Waals surface area contributed by atoms with Gasteiger partial charge in [-0.25, -0.2) is 0 Å². The summed E-state index contributed by atoms with van der Waals surface area (Å²) in [6, 6.07) is 14.3. The van der Waals surface area contributed by atoms with Gasteiger partial charge in [-0.15, -0.1) is 0 Å². The highest BCUT2D eigenvalue weighted by Gasteiger charge is 2.07. The molecule has 0 saturated heterocycles. The molecule has 4 nitrogen and oxygen atoms in total. The fourth-order valence-corrected chi connectivity index (χ4v) is 1.80. The molecule has 0 aliphatic rings. The van der Waals surface area contributed by atoms with Crippen LogP contribution in [0.4, 0.5) is 5.69 Å². The molecule has 0 heterocycles. The lowest BCUT2D eigenvalue weighted by Crippen LogP contribution is -2.12. The molecule has 1 N–H and O–H groups in total. The number of hydrogen-bond acceptors (Lipinski definition) is 3. The molecule has 0 aliphatic heterocycles. The zero-order chi connectivity index (χ0) is 14.4. The quantitative estimate of drug-likeness (QED) is 0.907. The average Bonchev–Trinajstić information content (AvgIpc) is 2.48. The van der Waals surface area contributed by atoms with Crippen molar-refractivity contribution in [1.29, 1.82) is 0 Å². The van der Waals surface area contributed by atoms with Gasteiger partial charge in [0.2, 0.25) is 0 Å². The number of nitrogens with one attached hydrogen (secondary N) is 1. The van der Waals surface area contributed by atoms with E-state index in [1.165, 1.54) is 0 Å². The van der Waals surface area contributed by atoms with Crippen LogP contribution in [0.1, 0.15) is 17.3 Å². The summed E-state index contributed by atoms with van der Waals surface area (Å²) in [4.78, 5) is 12.2. The number of benzene rings is 2. The Labute approximate surface area is 118 Å². The van der Waals surface area contributed by atoms with Gasteiger partial charge in [0, 0.05) is 17.3 Å². The van der Waals surface area contributed by atoms with Crippen LogP contribution in [0.3, 0.4) is 0 Å². The number of ether oxygens (including phenoxy) is 2. The first-order valence-corrected chi connectivity index (χ1v) is 6.41. The van der Waals surface area contributed by atoms with Crippen molar-refractivity contribution in [3.8, 4) is 11.5 Å². The maximum Gasteiger partial charge on any atom is 0.255 e. The van der Waals surface area contributed by atoms with Gasteiger partial charge in [-0.2, -0.15) is 0 Å². The van der Waals surface area contributed by atoms with Crippen LogP contribution in [0.15, 0.2) is 48.5 Å². The van der Waals surface area contributed by atoms with E-state index < -0.39 is 0 Å². The van der Waals surface area contributed by atoms with Crippen LogP contribution in [0.5, 0.6) is 11.5 Å². The van der Waals surface area contributed by atoms with Crippen molar-refractivity contribution in [2.24, 2.45) is 0 Å². The fraction of sp³-hybridized carbons (Fsp3) is 0.188. The Morgan fingerprint density at radius 3 is 2.60 bits per heavy atom. The largest absolute Gasteiger partial charge is 0.497 e. The summed E-state index contributed by atoms with van der Waals surface area (Å²) in [5, 5.41) is 2.83. The Hall–Kier alpha value is -2.49. The summed E-state index contributed by atoms with van der Waals surface area (Å²) in [6.45, 7) is 2.48. The smallest absolute Gasteiger partial charge is 0.255 e. The van der Waals surface area contributed by atoms with Crippen molar-refractivity contribution in [3.63, 3.8) is 0 Å². The number of rotatable bonds is 5. The van der Waals surface area contributed by atoms with Gasteiger partial charge in [0.15, 0.2) is 0 Å². The molecule has 20 heavy (non-hydrogen) atoms. The Morgan fingerprint density at radius 2 is 1.85 bits per heavy atom. The number of carbonyl (C=O) groups excluding carboxylic acids is 1. The molecule has 2 aromatic carbocycles. The summed E-state index contributed by atoms with van der Waals surface area (Å²) >= 11 is 0. The van der Waals surface area contributed by atoms with Gasteiger partial charge in [0.05, 0.1) is 13.7 Å².